The number of rotatable bonds is 0. The molecule has 0 saturated heterocycles. The van der Waals surface area contributed by atoms with Crippen molar-refractivity contribution in [3.63, 3.8) is 0 Å². The van der Waals surface area contributed by atoms with Crippen molar-refractivity contribution in [1.82, 2.24) is 0 Å². The van der Waals surface area contributed by atoms with E-state index in [1.807, 2.05) is 30.3 Å². The summed E-state index contributed by atoms with van der Waals surface area (Å²) in [6.07, 6.45) is 0. The molecule has 0 spiro atoms. The van der Waals surface area contributed by atoms with Crippen LogP contribution < -0.4 is 17.2 Å². The molecule has 0 aliphatic heterocycles. The summed E-state index contributed by atoms with van der Waals surface area (Å²) in [6.45, 7) is 0. The summed E-state index contributed by atoms with van der Waals surface area (Å²) in [6, 6.07) is 8.65. The monoisotopic (exact) mass is 153 g/mol. The zero-order chi connectivity index (χ0) is 8.69. The molecule has 0 radical (unpaired) electrons. The predicted octanol–water partition coefficient (Wildman–Crippen LogP) is 0.293. The van der Waals surface area contributed by atoms with Crippen molar-refractivity contribution in [3.8, 4) is 0 Å². The molecule has 0 heterocycles. The zero-order valence-electron chi connectivity index (χ0n) is 6.03. The maximum absolute atomic E-state index is 9.00. The lowest BCUT2D eigenvalue weighted by molar-refractivity contribution is 0.256. The molecule has 6 N–H and O–H groups in total. The van der Waals surface area contributed by atoms with Crippen molar-refractivity contribution in [3.05, 3.63) is 30.3 Å². The van der Waals surface area contributed by atoms with E-state index in [1.54, 1.807) is 0 Å². The van der Waals surface area contributed by atoms with E-state index in [9.17, 15) is 0 Å². The molecule has 2 amide bonds. The number of carbonyl (C=O) groups excluding carboxylic acids is 1. The number of nitrogens with two attached hydrogens (primary N) is 3. The van der Waals surface area contributed by atoms with Crippen molar-refractivity contribution < 1.29 is 4.79 Å². The van der Waals surface area contributed by atoms with Crippen LogP contribution in [-0.4, -0.2) is 6.03 Å². The molecule has 0 saturated carbocycles. The van der Waals surface area contributed by atoms with Crippen molar-refractivity contribution >= 4 is 11.7 Å². The summed E-state index contributed by atoms with van der Waals surface area (Å²) in [5.41, 5.74) is 14.7. The van der Waals surface area contributed by atoms with Crippen LogP contribution in [0.3, 0.4) is 0 Å². The molecular formula is C7H11N3O. The van der Waals surface area contributed by atoms with E-state index in [-0.39, 0.29) is 0 Å². The van der Waals surface area contributed by atoms with Gasteiger partial charge in [-0.1, -0.05) is 18.2 Å². The summed E-state index contributed by atoms with van der Waals surface area (Å²) < 4.78 is 0. The third kappa shape index (κ3) is 8.29. The van der Waals surface area contributed by atoms with Gasteiger partial charge in [-0.05, 0) is 12.1 Å². The highest BCUT2D eigenvalue weighted by Crippen LogP contribution is 1.95. The van der Waals surface area contributed by atoms with Crippen molar-refractivity contribution in [2.75, 3.05) is 5.73 Å². The Bertz CT molecular complexity index is 206. The maximum atomic E-state index is 9.00. The minimum atomic E-state index is -0.833. The van der Waals surface area contributed by atoms with Crippen LogP contribution in [0.2, 0.25) is 0 Å². The molecule has 1 rings (SSSR count). The van der Waals surface area contributed by atoms with Gasteiger partial charge in [0.1, 0.15) is 0 Å². The number of benzene rings is 1. The van der Waals surface area contributed by atoms with Gasteiger partial charge in [0.2, 0.25) is 0 Å². The number of amides is 2. The van der Waals surface area contributed by atoms with Gasteiger partial charge in [-0.15, -0.1) is 0 Å². The van der Waals surface area contributed by atoms with Crippen LogP contribution in [-0.2, 0) is 0 Å². The fraction of sp³-hybridized carbons (Fsp3) is 0. The average Bonchev–Trinajstić information content (AvgIpc) is 1.87. The van der Waals surface area contributed by atoms with Gasteiger partial charge in [-0.3, -0.25) is 0 Å². The smallest absolute Gasteiger partial charge is 0.309 e. The van der Waals surface area contributed by atoms with Gasteiger partial charge in [0.25, 0.3) is 0 Å². The number of primary amides is 2. The molecule has 1 aromatic carbocycles. The lowest BCUT2D eigenvalue weighted by Crippen LogP contribution is -2.18. The van der Waals surface area contributed by atoms with Crippen LogP contribution >= 0.6 is 0 Å². The number of hydrogen-bond acceptors (Lipinski definition) is 2. The highest BCUT2D eigenvalue weighted by molar-refractivity contribution is 5.69. The Hall–Kier alpha value is -1.71. The fourth-order valence-electron chi connectivity index (χ4n) is 0.453. The normalized spacial score (nSPS) is 7.64. The number of nitrogen functional groups attached to an aromatic ring is 1. The van der Waals surface area contributed by atoms with Crippen LogP contribution in [0.4, 0.5) is 10.5 Å². The topological polar surface area (TPSA) is 95.1 Å². The lowest BCUT2D eigenvalue weighted by atomic mass is 10.3. The quantitative estimate of drug-likeness (QED) is 0.467. The first kappa shape index (κ1) is 9.29. The molecule has 1 aromatic rings. The minimum absolute atomic E-state index is 0.822. The number of anilines is 1. The highest BCUT2D eigenvalue weighted by atomic mass is 16.2. The maximum Gasteiger partial charge on any atom is 0.309 e. The first-order chi connectivity index (χ1) is 5.13. The summed E-state index contributed by atoms with van der Waals surface area (Å²) >= 11 is 0. The molecule has 0 aliphatic rings. The molecule has 0 aromatic heterocycles. The zero-order valence-corrected chi connectivity index (χ0v) is 6.03. The van der Waals surface area contributed by atoms with E-state index in [0.29, 0.717) is 0 Å². The van der Waals surface area contributed by atoms with Crippen LogP contribution in [0, 0.1) is 0 Å². The molecule has 11 heavy (non-hydrogen) atoms. The van der Waals surface area contributed by atoms with Gasteiger partial charge in [-0.25, -0.2) is 4.79 Å². The third-order valence-electron chi connectivity index (χ3n) is 0.800. The number of carbonyl (C=O) groups is 1. The number of para-hydroxylation sites is 1. The highest BCUT2D eigenvalue weighted by Gasteiger charge is 1.72. The Balaban J connectivity index is 0.000000218. The number of hydrogen-bond donors (Lipinski definition) is 3. The second-order valence-corrected chi connectivity index (χ2v) is 1.81. The average molecular weight is 153 g/mol. The molecule has 0 bridgehead atoms. The van der Waals surface area contributed by atoms with Gasteiger partial charge in [0.15, 0.2) is 0 Å². The Labute approximate surface area is 65.0 Å². The first-order valence-corrected chi connectivity index (χ1v) is 2.98. The molecule has 0 aliphatic carbocycles. The van der Waals surface area contributed by atoms with E-state index < -0.39 is 6.03 Å². The largest absolute Gasteiger partial charge is 0.399 e. The first-order valence-electron chi connectivity index (χ1n) is 2.98. The van der Waals surface area contributed by atoms with Gasteiger partial charge < -0.3 is 17.2 Å². The standard InChI is InChI=1S/C6H7N.CH4N2O/c7-6-4-2-1-3-5-6;2-1(3)4/h1-5H,7H2;(H4,2,3,4). The summed E-state index contributed by atoms with van der Waals surface area (Å²) in [5.74, 6) is 0. The van der Waals surface area contributed by atoms with Crippen molar-refractivity contribution in [2.24, 2.45) is 11.5 Å². The van der Waals surface area contributed by atoms with Crippen LogP contribution in [0.1, 0.15) is 0 Å². The van der Waals surface area contributed by atoms with Crippen LogP contribution in [0.5, 0.6) is 0 Å². The molecule has 0 atom stereocenters. The Morgan fingerprint density at radius 3 is 1.64 bits per heavy atom. The van der Waals surface area contributed by atoms with Crippen molar-refractivity contribution in [2.45, 2.75) is 0 Å². The molecule has 4 heteroatoms. The Kier molecular flexibility index (Phi) is 4.31. The molecule has 60 valence electrons. The predicted molar refractivity (Wildman–Crippen MR) is 44.6 cm³/mol. The SMILES string of the molecule is NC(N)=O.Nc1ccccc1. The van der Waals surface area contributed by atoms with Gasteiger partial charge >= 0.3 is 6.03 Å². The molecule has 4 nitrogen and oxygen atoms in total. The second-order valence-electron chi connectivity index (χ2n) is 1.81. The van der Waals surface area contributed by atoms with E-state index in [4.69, 9.17) is 10.5 Å². The van der Waals surface area contributed by atoms with Gasteiger partial charge in [-0.2, -0.15) is 0 Å². The van der Waals surface area contributed by atoms with Gasteiger partial charge in [0.05, 0.1) is 0 Å². The van der Waals surface area contributed by atoms with Crippen LogP contribution in [0.25, 0.3) is 0 Å². The molecular weight excluding hydrogens is 142 g/mol. The third-order valence-corrected chi connectivity index (χ3v) is 0.800. The van der Waals surface area contributed by atoms with E-state index in [0.717, 1.165) is 5.69 Å². The molecule has 0 fully saturated rings. The summed E-state index contributed by atoms with van der Waals surface area (Å²) in [4.78, 5) is 9.00. The minimum Gasteiger partial charge on any atom is -0.399 e. The number of urea groups is 1. The Morgan fingerprint density at radius 1 is 1.09 bits per heavy atom. The second kappa shape index (κ2) is 5.10. The fourth-order valence-corrected chi connectivity index (χ4v) is 0.453. The van der Waals surface area contributed by atoms with E-state index in [2.05, 4.69) is 11.5 Å². The van der Waals surface area contributed by atoms with Gasteiger partial charge in [0, 0.05) is 5.69 Å². The van der Waals surface area contributed by atoms with Crippen molar-refractivity contribution in [1.29, 1.82) is 0 Å². The van der Waals surface area contributed by atoms with Crippen LogP contribution in [0.15, 0.2) is 30.3 Å². The molecule has 0 unspecified atom stereocenters. The summed E-state index contributed by atoms with van der Waals surface area (Å²) in [7, 11) is 0. The van der Waals surface area contributed by atoms with E-state index in [1.165, 1.54) is 0 Å². The summed E-state index contributed by atoms with van der Waals surface area (Å²) in [5, 5.41) is 0. The lowest BCUT2D eigenvalue weighted by Gasteiger charge is -1.83. The Morgan fingerprint density at radius 2 is 1.45 bits per heavy atom. The van der Waals surface area contributed by atoms with E-state index >= 15 is 0 Å².